The Balaban J connectivity index is 1.35. The van der Waals surface area contributed by atoms with Gasteiger partial charge in [-0.3, -0.25) is 24.2 Å². The maximum atomic E-state index is 14.1. The highest BCUT2D eigenvalue weighted by Crippen LogP contribution is 2.37. The summed E-state index contributed by atoms with van der Waals surface area (Å²) in [6, 6.07) is 30.9. The maximum absolute atomic E-state index is 14.1. The van der Waals surface area contributed by atoms with Gasteiger partial charge in [-0.1, -0.05) is 97.1 Å². The lowest BCUT2D eigenvalue weighted by molar-refractivity contribution is -0.142. The van der Waals surface area contributed by atoms with E-state index >= 15 is 0 Å². The minimum Gasteiger partial charge on any atom is -0.497 e. The van der Waals surface area contributed by atoms with Crippen LogP contribution in [0.3, 0.4) is 0 Å². The molecule has 5 aromatic rings. The zero-order chi connectivity index (χ0) is 39.5. The van der Waals surface area contributed by atoms with Gasteiger partial charge in [0.15, 0.2) is 0 Å². The third kappa shape index (κ3) is 11.7. The Hall–Kier alpha value is -6.01. The van der Waals surface area contributed by atoms with Crippen molar-refractivity contribution in [2.45, 2.75) is 50.2 Å². The maximum Gasteiger partial charge on any atom is 0.524 e. The Kier molecular flexibility index (Phi) is 13.4. The Morgan fingerprint density at radius 1 is 0.600 bits per heavy atom. The van der Waals surface area contributed by atoms with E-state index in [1.807, 2.05) is 66.7 Å². The molecule has 14 heteroatoms. The van der Waals surface area contributed by atoms with Gasteiger partial charge in [-0.2, -0.15) is 0 Å². The number of carbonyl (C=O) groups is 4. The van der Waals surface area contributed by atoms with E-state index in [0.29, 0.717) is 16.9 Å². The zero-order valence-electron chi connectivity index (χ0n) is 30.1. The lowest BCUT2D eigenvalue weighted by Gasteiger charge is -2.26. The molecule has 0 radical (unpaired) electrons. The normalized spacial score (nSPS) is 13.5. The summed E-state index contributed by atoms with van der Waals surface area (Å²) in [7, 11) is -3.20. The molecule has 4 atom stereocenters. The van der Waals surface area contributed by atoms with Crippen molar-refractivity contribution in [1.29, 1.82) is 0 Å². The minimum absolute atomic E-state index is 0.0173. The number of aliphatic carboxylic acids is 1. The summed E-state index contributed by atoms with van der Waals surface area (Å²) >= 11 is 0. The number of ether oxygens (including phenoxy) is 1. The number of carboxylic acid groups (broad SMARTS) is 1. The van der Waals surface area contributed by atoms with Crippen molar-refractivity contribution in [3.63, 3.8) is 0 Å². The standard InChI is InChI=1S/C41H42N3O10P/c1-26(30-15-16-32-25-34(53-2)20-17-31(32)24-30)38(45)42-35(21-27-9-5-3-6-10-27)39(46)43-36(22-28-11-7-4-8-12-28)40(47)44-37(41(48)49)23-29-13-18-33(19-14-29)54-55(50,51)52/h3-20,24-26,35-37H,21-23H2,1-2H3,(H,42,45)(H,43,46)(H,44,47)(H,48,49)(H2,50,51,52)/t26-,35+,36+,37+/m0/s1. The molecule has 0 bridgehead atoms. The molecule has 286 valence electrons. The molecule has 0 saturated heterocycles. The second-order valence-electron chi connectivity index (χ2n) is 13.0. The number of hydrogen-bond donors (Lipinski definition) is 6. The Bertz CT molecular complexity index is 2160. The van der Waals surface area contributed by atoms with E-state index in [1.54, 1.807) is 44.4 Å². The van der Waals surface area contributed by atoms with Crippen LogP contribution in [-0.2, 0) is 43.0 Å². The molecule has 0 fully saturated rings. The van der Waals surface area contributed by atoms with Crippen molar-refractivity contribution in [3.05, 3.63) is 144 Å². The molecular weight excluding hydrogens is 725 g/mol. The molecule has 5 aromatic carbocycles. The second-order valence-corrected chi connectivity index (χ2v) is 14.2. The highest BCUT2D eigenvalue weighted by Gasteiger charge is 2.31. The monoisotopic (exact) mass is 767 g/mol. The highest BCUT2D eigenvalue weighted by atomic mass is 31.2. The van der Waals surface area contributed by atoms with Crippen molar-refractivity contribution in [2.24, 2.45) is 0 Å². The zero-order valence-corrected chi connectivity index (χ0v) is 31.0. The van der Waals surface area contributed by atoms with Crippen LogP contribution in [0.5, 0.6) is 11.5 Å². The van der Waals surface area contributed by atoms with Gasteiger partial charge in [0, 0.05) is 19.3 Å². The van der Waals surface area contributed by atoms with Crippen LogP contribution < -0.4 is 25.2 Å². The second kappa shape index (κ2) is 18.4. The number of carbonyl (C=O) groups excluding carboxylic acids is 3. The first-order chi connectivity index (χ1) is 26.3. The molecule has 55 heavy (non-hydrogen) atoms. The number of hydrogen-bond acceptors (Lipinski definition) is 7. The van der Waals surface area contributed by atoms with E-state index in [-0.39, 0.29) is 25.0 Å². The summed E-state index contributed by atoms with van der Waals surface area (Å²) in [5.74, 6) is -3.21. The van der Waals surface area contributed by atoms with E-state index in [1.165, 1.54) is 24.3 Å². The third-order valence-corrected chi connectivity index (χ3v) is 9.45. The molecule has 0 saturated carbocycles. The van der Waals surface area contributed by atoms with E-state index in [2.05, 4.69) is 20.5 Å². The van der Waals surface area contributed by atoms with Gasteiger partial charge in [0.1, 0.15) is 29.6 Å². The van der Waals surface area contributed by atoms with Crippen molar-refractivity contribution < 1.29 is 47.9 Å². The van der Waals surface area contributed by atoms with Crippen LogP contribution in [0.4, 0.5) is 0 Å². The van der Waals surface area contributed by atoms with Crippen LogP contribution >= 0.6 is 7.82 Å². The topological polar surface area (TPSA) is 201 Å². The van der Waals surface area contributed by atoms with Crippen molar-refractivity contribution in [2.75, 3.05) is 7.11 Å². The van der Waals surface area contributed by atoms with Crippen LogP contribution in [0.15, 0.2) is 121 Å². The lowest BCUT2D eigenvalue weighted by Crippen LogP contribution is -2.57. The largest absolute Gasteiger partial charge is 0.524 e. The quantitative estimate of drug-likeness (QED) is 0.0722. The average molecular weight is 768 g/mol. The van der Waals surface area contributed by atoms with Gasteiger partial charge in [0.2, 0.25) is 17.7 Å². The van der Waals surface area contributed by atoms with Crippen LogP contribution in [0.2, 0.25) is 0 Å². The Morgan fingerprint density at radius 2 is 1.05 bits per heavy atom. The smallest absolute Gasteiger partial charge is 0.497 e. The third-order valence-electron chi connectivity index (χ3n) is 9.00. The number of phosphoric ester groups is 1. The molecule has 0 unspecified atom stereocenters. The van der Waals surface area contributed by atoms with Gasteiger partial charge in [-0.25, -0.2) is 9.36 Å². The molecule has 0 aliphatic heterocycles. The summed E-state index contributed by atoms with van der Waals surface area (Å²) in [5.41, 5.74) is 2.63. The fourth-order valence-electron chi connectivity index (χ4n) is 6.01. The van der Waals surface area contributed by atoms with Crippen LogP contribution in [0, 0.1) is 0 Å². The van der Waals surface area contributed by atoms with Gasteiger partial charge in [-0.15, -0.1) is 0 Å². The number of nitrogens with one attached hydrogen (secondary N) is 3. The predicted octanol–water partition coefficient (Wildman–Crippen LogP) is 4.69. The Morgan fingerprint density at radius 3 is 1.58 bits per heavy atom. The average Bonchev–Trinajstić information content (AvgIpc) is 3.17. The molecule has 0 aromatic heterocycles. The summed E-state index contributed by atoms with van der Waals surface area (Å²) < 4.78 is 21.0. The molecule has 3 amide bonds. The number of phosphoric acid groups is 1. The van der Waals surface area contributed by atoms with Gasteiger partial charge in [0.25, 0.3) is 0 Å². The fourth-order valence-corrected chi connectivity index (χ4v) is 6.41. The van der Waals surface area contributed by atoms with Crippen LogP contribution in [-0.4, -0.2) is 63.8 Å². The lowest BCUT2D eigenvalue weighted by atomic mass is 9.96. The molecule has 6 N–H and O–H groups in total. The van der Waals surface area contributed by atoms with Gasteiger partial charge < -0.3 is 30.3 Å². The molecule has 0 aliphatic rings. The minimum atomic E-state index is -4.79. The first kappa shape index (κ1) is 40.2. The molecular formula is C41H42N3O10P. The predicted molar refractivity (Wildman–Crippen MR) is 205 cm³/mol. The van der Waals surface area contributed by atoms with E-state index in [9.17, 15) is 28.8 Å². The molecule has 0 spiro atoms. The number of benzene rings is 5. The summed E-state index contributed by atoms with van der Waals surface area (Å²) in [5, 5.41) is 20.1. The van der Waals surface area contributed by atoms with Gasteiger partial charge in [0.05, 0.1) is 13.0 Å². The molecule has 13 nitrogen and oxygen atoms in total. The van der Waals surface area contributed by atoms with E-state index in [0.717, 1.165) is 21.9 Å². The highest BCUT2D eigenvalue weighted by molar-refractivity contribution is 7.46. The summed E-state index contributed by atoms with van der Waals surface area (Å²) in [6.07, 6.45) is -0.0542. The SMILES string of the molecule is COc1ccc2cc([C@H](C)C(=O)N[C@H](Cc3ccccc3)C(=O)N[C@H](Cc3ccccc3)C(=O)N[C@H](Cc3ccc(OP(=O)(O)O)cc3)C(=O)O)ccc2c1. The summed E-state index contributed by atoms with van der Waals surface area (Å²) in [4.78, 5) is 72.2. The Labute approximate surface area is 317 Å². The number of fused-ring (bicyclic) bond motifs is 1. The first-order valence-electron chi connectivity index (χ1n) is 17.4. The molecule has 5 rings (SSSR count). The molecule has 0 heterocycles. The number of carboxylic acids is 1. The van der Waals surface area contributed by atoms with Gasteiger partial charge in [-0.05, 0) is 64.2 Å². The van der Waals surface area contributed by atoms with E-state index < -0.39 is 55.6 Å². The van der Waals surface area contributed by atoms with Crippen LogP contribution in [0.1, 0.15) is 35.1 Å². The summed E-state index contributed by atoms with van der Waals surface area (Å²) in [6.45, 7) is 1.74. The fraction of sp³-hybridized carbons (Fsp3) is 0.220. The molecule has 0 aliphatic carbocycles. The number of amides is 3. The number of rotatable bonds is 17. The van der Waals surface area contributed by atoms with Gasteiger partial charge >= 0.3 is 13.8 Å². The van der Waals surface area contributed by atoms with Crippen molar-refractivity contribution >= 4 is 42.3 Å². The first-order valence-corrected chi connectivity index (χ1v) is 18.9. The van der Waals surface area contributed by atoms with Crippen molar-refractivity contribution in [3.8, 4) is 11.5 Å². The van der Waals surface area contributed by atoms with Crippen LogP contribution in [0.25, 0.3) is 10.8 Å². The number of methoxy groups -OCH3 is 1. The van der Waals surface area contributed by atoms with Crippen molar-refractivity contribution in [1.82, 2.24) is 16.0 Å². The van der Waals surface area contributed by atoms with E-state index in [4.69, 9.17) is 14.5 Å².